The minimum absolute atomic E-state index is 0.0834. The van der Waals surface area contributed by atoms with Crippen LogP contribution in [0.2, 0.25) is 0 Å². The molecule has 0 aromatic carbocycles. The highest BCUT2D eigenvalue weighted by Crippen LogP contribution is 2.21. The first-order valence-corrected chi connectivity index (χ1v) is 6.74. The zero-order valence-electron chi connectivity index (χ0n) is 11.2. The van der Waals surface area contributed by atoms with E-state index in [9.17, 15) is 4.79 Å². The number of furan rings is 1. The molecule has 0 radical (unpaired) electrons. The molecule has 0 aliphatic carbocycles. The molecule has 0 unspecified atom stereocenters. The summed E-state index contributed by atoms with van der Waals surface area (Å²) in [5, 5.41) is 4.23. The van der Waals surface area contributed by atoms with Crippen LogP contribution in [0.3, 0.4) is 0 Å². The maximum atomic E-state index is 12.4. The van der Waals surface area contributed by atoms with Crippen LogP contribution in [0.4, 0.5) is 0 Å². The zero-order chi connectivity index (χ0) is 14.0. The van der Waals surface area contributed by atoms with E-state index in [0.29, 0.717) is 22.3 Å². The Labute approximate surface area is 120 Å². The van der Waals surface area contributed by atoms with E-state index in [-0.39, 0.29) is 5.78 Å². The van der Waals surface area contributed by atoms with Crippen molar-refractivity contribution < 1.29 is 9.21 Å². The lowest BCUT2D eigenvalue weighted by atomic mass is 10.1. The molecule has 19 heavy (non-hydrogen) atoms. The summed E-state index contributed by atoms with van der Waals surface area (Å²) in [7, 11) is 3.97. The number of likely N-dealkylation sites (N-methyl/N-ethyl adjacent to an activating group) is 1. The molecule has 2 aromatic rings. The fourth-order valence-corrected chi connectivity index (χ4v) is 2.23. The van der Waals surface area contributed by atoms with Gasteiger partial charge < -0.3 is 9.32 Å². The van der Waals surface area contributed by atoms with Gasteiger partial charge in [0.15, 0.2) is 0 Å². The maximum absolute atomic E-state index is 12.4. The number of rotatable bonds is 5. The summed E-state index contributed by atoms with van der Waals surface area (Å²) in [4.78, 5) is 14.5. The average molecular weight is 326 g/mol. The summed E-state index contributed by atoms with van der Waals surface area (Å²) in [6.07, 6.45) is 3.13. The molecule has 0 amide bonds. The van der Waals surface area contributed by atoms with Crippen molar-refractivity contribution in [2.75, 3.05) is 20.6 Å². The van der Waals surface area contributed by atoms with Gasteiger partial charge in [-0.1, -0.05) is 0 Å². The monoisotopic (exact) mass is 325 g/mol. The summed E-state index contributed by atoms with van der Waals surface area (Å²) >= 11 is 3.38. The van der Waals surface area contributed by atoms with Gasteiger partial charge in [-0.3, -0.25) is 9.48 Å². The van der Waals surface area contributed by atoms with Crippen LogP contribution < -0.4 is 0 Å². The average Bonchev–Trinajstić information content (AvgIpc) is 2.92. The lowest BCUT2D eigenvalue weighted by Crippen LogP contribution is -2.21. The fraction of sp³-hybridized carbons (Fsp3) is 0.385. The standard InChI is InChI=1S/C13H16BrN3O2/c1-9-6-10(8-19-9)13(18)12-11(14)7-15-17(12)5-4-16(2)3/h6-8H,4-5H2,1-3H3. The smallest absolute Gasteiger partial charge is 0.215 e. The summed E-state index contributed by atoms with van der Waals surface area (Å²) < 4.78 is 7.61. The number of ketones is 1. The van der Waals surface area contributed by atoms with E-state index >= 15 is 0 Å². The van der Waals surface area contributed by atoms with Gasteiger partial charge in [0.25, 0.3) is 0 Å². The predicted octanol–water partition coefficient (Wildman–Crippen LogP) is 2.34. The highest BCUT2D eigenvalue weighted by molar-refractivity contribution is 9.10. The molecule has 2 heterocycles. The second-order valence-electron chi connectivity index (χ2n) is 4.64. The Balaban J connectivity index is 2.28. The normalized spacial score (nSPS) is 11.2. The van der Waals surface area contributed by atoms with Crippen LogP contribution >= 0.6 is 15.9 Å². The van der Waals surface area contributed by atoms with E-state index in [0.717, 1.165) is 12.3 Å². The quantitative estimate of drug-likeness (QED) is 0.792. The second-order valence-corrected chi connectivity index (χ2v) is 5.50. The molecule has 0 saturated carbocycles. The number of halogens is 1. The van der Waals surface area contributed by atoms with Crippen molar-refractivity contribution in [2.24, 2.45) is 0 Å². The molecular weight excluding hydrogens is 310 g/mol. The number of aryl methyl sites for hydroxylation is 1. The highest BCUT2D eigenvalue weighted by Gasteiger charge is 2.20. The van der Waals surface area contributed by atoms with E-state index in [1.165, 1.54) is 6.26 Å². The summed E-state index contributed by atoms with van der Waals surface area (Å²) in [5.74, 6) is 0.638. The van der Waals surface area contributed by atoms with Crippen LogP contribution in [-0.2, 0) is 6.54 Å². The van der Waals surface area contributed by atoms with Crippen molar-refractivity contribution >= 4 is 21.7 Å². The lowest BCUT2D eigenvalue weighted by Gasteiger charge is -2.11. The number of aromatic nitrogens is 2. The summed E-state index contributed by atoms with van der Waals surface area (Å²) in [5.41, 5.74) is 1.10. The van der Waals surface area contributed by atoms with Crippen molar-refractivity contribution in [3.05, 3.63) is 40.0 Å². The van der Waals surface area contributed by atoms with Gasteiger partial charge in [0.05, 0.1) is 22.8 Å². The molecular formula is C13H16BrN3O2. The van der Waals surface area contributed by atoms with Crippen molar-refractivity contribution in [2.45, 2.75) is 13.5 Å². The number of carbonyl (C=O) groups is 1. The number of nitrogens with zero attached hydrogens (tertiary/aromatic N) is 3. The van der Waals surface area contributed by atoms with Gasteiger partial charge in [-0.2, -0.15) is 5.10 Å². The highest BCUT2D eigenvalue weighted by atomic mass is 79.9. The van der Waals surface area contributed by atoms with E-state index in [4.69, 9.17) is 4.42 Å². The van der Waals surface area contributed by atoms with Crippen LogP contribution in [0.25, 0.3) is 0 Å². The van der Waals surface area contributed by atoms with Crippen molar-refractivity contribution in [3.63, 3.8) is 0 Å². The lowest BCUT2D eigenvalue weighted by molar-refractivity contribution is 0.102. The van der Waals surface area contributed by atoms with Gasteiger partial charge in [0, 0.05) is 6.54 Å². The third kappa shape index (κ3) is 3.13. The minimum Gasteiger partial charge on any atom is -0.469 e. The predicted molar refractivity (Wildman–Crippen MR) is 75.4 cm³/mol. The van der Waals surface area contributed by atoms with Gasteiger partial charge in [0.2, 0.25) is 5.78 Å². The molecule has 0 bridgehead atoms. The van der Waals surface area contributed by atoms with E-state index in [1.54, 1.807) is 16.9 Å². The molecule has 0 aliphatic rings. The molecule has 2 rings (SSSR count). The second kappa shape index (κ2) is 5.71. The number of carbonyl (C=O) groups excluding carboxylic acids is 1. The topological polar surface area (TPSA) is 51.3 Å². The molecule has 5 nitrogen and oxygen atoms in total. The Morgan fingerprint density at radius 3 is 2.84 bits per heavy atom. The van der Waals surface area contributed by atoms with Gasteiger partial charge in [-0.15, -0.1) is 0 Å². The Hall–Kier alpha value is -1.40. The molecule has 6 heteroatoms. The molecule has 0 saturated heterocycles. The molecule has 0 fully saturated rings. The Kier molecular flexibility index (Phi) is 4.21. The van der Waals surface area contributed by atoms with Crippen LogP contribution in [-0.4, -0.2) is 41.1 Å². The molecule has 0 N–H and O–H groups in total. The number of hydrogen-bond acceptors (Lipinski definition) is 4. The largest absolute Gasteiger partial charge is 0.469 e. The minimum atomic E-state index is -0.0834. The third-order valence-electron chi connectivity index (χ3n) is 2.76. The van der Waals surface area contributed by atoms with Crippen molar-refractivity contribution in [1.29, 1.82) is 0 Å². The van der Waals surface area contributed by atoms with E-state index in [2.05, 4.69) is 21.0 Å². The van der Waals surface area contributed by atoms with Crippen molar-refractivity contribution in [1.82, 2.24) is 14.7 Å². The molecule has 0 atom stereocenters. The molecule has 102 valence electrons. The summed E-state index contributed by atoms with van der Waals surface area (Å²) in [6, 6.07) is 1.73. The Bertz CT molecular complexity index is 586. The first-order valence-electron chi connectivity index (χ1n) is 5.95. The maximum Gasteiger partial charge on any atom is 0.215 e. The van der Waals surface area contributed by atoms with Gasteiger partial charge in [-0.05, 0) is 43.0 Å². The van der Waals surface area contributed by atoms with Gasteiger partial charge in [-0.25, -0.2) is 0 Å². The van der Waals surface area contributed by atoms with E-state index < -0.39 is 0 Å². The fourth-order valence-electron chi connectivity index (χ4n) is 1.75. The van der Waals surface area contributed by atoms with Crippen LogP contribution in [0.5, 0.6) is 0 Å². The molecule has 0 spiro atoms. The first-order chi connectivity index (χ1) is 8.99. The molecule has 0 aliphatic heterocycles. The summed E-state index contributed by atoms with van der Waals surface area (Å²) in [6.45, 7) is 3.30. The first kappa shape index (κ1) is 14.0. The van der Waals surface area contributed by atoms with Gasteiger partial charge in [0.1, 0.15) is 17.7 Å². The zero-order valence-corrected chi connectivity index (χ0v) is 12.8. The third-order valence-corrected chi connectivity index (χ3v) is 3.34. The van der Waals surface area contributed by atoms with Crippen molar-refractivity contribution in [3.8, 4) is 0 Å². The van der Waals surface area contributed by atoms with E-state index in [1.807, 2.05) is 25.9 Å². The Morgan fingerprint density at radius 1 is 1.53 bits per heavy atom. The van der Waals surface area contributed by atoms with Crippen LogP contribution in [0.15, 0.2) is 27.4 Å². The van der Waals surface area contributed by atoms with Gasteiger partial charge >= 0.3 is 0 Å². The molecule has 2 aromatic heterocycles. The number of hydrogen-bond donors (Lipinski definition) is 0. The SMILES string of the molecule is Cc1cc(C(=O)c2c(Br)cnn2CCN(C)C)co1. The van der Waals surface area contributed by atoms with Crippen LogP contribution in [0.1, 0.15) is 21.8 Å². The Morgan fingerprint density at radius 2 is 2.26 bits per heavy atom. The van der Waals surface area contributed by atoms with Crippen LogP contribution in [0, 0.1) is 6.92 Å².